The van der Waals surface area contributed by atoms with Crippen LogP contribution >= 0.6 is 0 Å². The van der Waals surface area contributed by atoms with Crippen LogP contribution < -0.4 is 15.4 Å². The van der Waals surface area contributed by atoms with Gasteiger partial charge in [-0.15, -0.1) is 6.42 Å². The van der Waals surface area contributed by atoms with Gasteiger partial charge in [-0.1, -0.05) is 12.1 Å². The first kappa shape index (κ1) is 21.8. The summed E-state index contributed by atoms with van der Waals surface area (Å²) in [5.74, 6) is 4.41. The summed E-state index contributed by atoms with van der Waals surface area (Å²) in [6, 6.07) is 16.5. The highest BCUT2D eigenvalue weighted by Crippen LogP contribution is 2.37. The summed E-state index contributed by atoms with van der Waals surface area (Å²) in [4.78, 5) is 12.8. The Bertz CT molecular complexity index is 1380. The van der Waals surface area contributed by atoms with E-state index in [0.29, 0.717) is 28.5 Å². The standard InChI is InChI=1S/C22H15FN4O.C5H9N/c1-3-21-26-18-8-5-4-7-16(18)22(27-21)25-15-10-11-20(17(23)13-15)28-19-9-6-12-24-14(19)2;1-2-6-5-3-4(1)5/h1,4-13H,2H3,(H,25,26,27);4-6H,1-3H2. The zero-order valence-corrected chi connectivity index (χ0v) is 18.8. The van der Waals surface area contributed by atoms with Crippen LogP contribution in [-0.2, 0) is 0 Å². The van der Waals surface area contributed by atoms with Crippen LogP contribution in [0, 0.1) is 31.0 Å². The van der Waals surface area contributed by atoms with Crippen LogP contribution in [0.4, 0.5) is 15.9 Å². The number of hydrogen-bond donors (Lipinski definition) is 2. The Kier molecular flexibility index (Phi) is 6.07. The van der Waals surface area contributed by atoms with Crippen LogP contribution in [0.5, 0.6) is 11.5 Å². The van der Waals surface area contributed by atoms with Crippen molar-refractivity contribution in [3.63, 3.8) is 0 Å². The fraction of sp³-hybridized carbons (Fsp3) is 0.222. The number of rotatable bonds is 4. The summed E-state index contributed by atoms with van der Waals surface area (Å²) in [5.41, 5.74) is 1.90. The second-order valence-corrected chi connectivity index (χ2v) is 8.36. The van der Waals surface area contributed by atoms with E-state index in [1.54, 1.807) is 37.4 Å². The lowest BCUT2D eigenvalue weighted by Crippen LogP contribution is -2.10. The predicted molar refractivity (Wildman–Crippen MR) is 131 cm³/mol. The third kappa shape index (κ3) is 4.82. The van der Waals surface area contributed by atoms with Crippen molar-refractivity contribution in [2.24, 2.45) is 5.92 Å². The fourth-order valence-electron chi connectivity index (χ4n) is 4.00. The molecule has 170 valence electrons. The molecule has 1 saturated carbocycles. The topological polar surface area (TPSA) is 72.0 Å². The highest BCUT2D eigenvalue weighted by Gasteiger charge is 2.40. The van der Waals surface area contributed by atoms with Gasteiger partial charge in [0.05, 0.1) is 11.2 Å². The number of aromatic nitrogens is 3. The molecule has 6 nitrogen and oxygen atoms in total. The Balaban J connectivity index is 0.000000343. The molecule has 2 aromatic heterocycles. The molecule has 0 amide bonds. The van der Waals surface area contributed by atoms with Crippen LogP contribution in [0.2, 0.25) is 0 Å². The molecule has 1 saturated heterocycles. The molecule has 2 aromatic carbocycles. The van der Waals surface area contributed by atoms with Crippen molar-refractivity contribution in [3.05, 3.63) is 78.1 Å². The second kappa shape index (κ2) is 9.46. The lowest BCUT2D eigenvalue weighted by Gasteiger charge is -2.12. The molecular weight excluding hydrogens is 429 g/mol. The van der Waals surface area contributed by atoms with Gasteiger partial charge < -0.3 is 15.4 Å². The van der Waals surface area contributed by atoms with Crippen LogP contribution in [0.1, 0.15) is 24.4 Å². The molecule has 0 radical (unpaired) electrons. The Morgan fingerprint density at radius 3 is 2.68 bits per heavy atom. The summed E-state index contributed by atoms with van der Waals surface area (Å²) in [7, 11) is 0. The normalized spacial score (nSPS) is 17.8. The van der Waals surface area contributed by atoms with Crippen molar-refractivity contribution in [3.8, 4) is 23.8 Å². The molecule has 2 atom stereocenters. The second-order valence-electron chi connectivity index (χ2n) is 8.36. The molecule has 3 heterocycles. The minimum Gasteiger partial charge on any atom is -0.452 e. The number of fused-ring (bicyclic) bond motifs is 2. The number of halogens is 1. The van der Waals surface area contributed by atoms with Crippen LogP contribution in [0.3, 0.4) is 0 Å². The van der Waals surface area contributed by atoms with Crippen molar-refractivity contribution in [1.82, 2.24) is 20.3 Å². The number of nitrogens with one attached hydrogen (secondary N) is 2. The van der Waals surface area contributed by atoms with E-state index in [2.05, 4.69) is 31.5 Å². The zero-order chi connectivity index (χ0) is 23.5. The summed E-state index contributed by atoms with van der Waals surface area (Å²) in [6.07, 6.45) is 10.0. The SMILES string of the molecule is C#Cc1nc(Nc2ccc(Oc3cccnc3C)c(F)c2)c2ccccc2n1.C1CC2CC2N1. The molecule has 0 bridgehead atoms. The van der Waals surface area contributed by atoms with Gasteiger partial charge in [0.15, 0.2) is 11.6 Å². The van der Waals surface area contributed by atoms with Gasteiger partial charge in [0.2, 0.25) is 5.82 Å². The number of anilines is 2. The predicted octanol–water partition coefficient (Wildman–Crippen LogP) is 5.36. The number of para-hydroxylation sites is 1. The molecule has 0 spiro atoms. The van der Waals surface area contributed by atoms with Gasteiger partial charge >= 0.3 is 0 Å². The molecule has 4 aromatic rings. The number of aryl methyl sites for hydroxylation is 1. The number of pyridine rings is 1. The van der Waals surface area contributed by atoms with E-state index in [4.69, 9.17) is 11.2 Å². The van der Waals surface area contributed by atoms with Crippen molar-refractivity contribution >= 4 is 22.4 Å². The van der Waals surface area contributed by atoms with E-state index >= 15 is 0 Å². The van der Waals surface area contributed by atoms with Gasteiger partial charge in [-0.25, -0.2) is 14.4 Å². The molecule has 1 aliphatic carbocycles. The first-order valence-electron chi connectivity index (χ1n) is 11.2. The van der Waals surface area contributed by atoms with Crippen LogP contribution in [-0.4, -0.2) is 27.5 Å². The summed E-state index contributed by atoms with van der Waals surface area (Å²) in [6.45, 7) is 3.09. The number of terminal acetylenes is 1. The monoisotopic (exact) mass is 453 g/mol. The molecule has 2 N–H and O–H groups in total. The van der Waals surface area contributed by atoms with E-state index in [1.165, 1.54) is 25.5 Å². The average Bonchev–Trinajstić information content (AvgIpc) is 3.46. The number of ether oxygens (including phenoxy) is 1. The van der Waals surface area contributed by atoms with Crippen molar-refractivity contribution < 1.29 is 9.13 Å². The minimum atomic E-state index is -0.510. The van der Waals surface area contributed by atoms with Gasteiger partial charge in [0.25, 0.3) is 0 Å². The van der Waals surface area contributed by atoms with Crippen LogP contribution in [0.15, 0.2) is 60.8 Å². The third-order valence-corrected chi connectivity index (χ3v) is 5.95. The molecule has 1 aliphatic heterocycles. The fourth-order valence-corrected chi connectivity index (χ4v) is 4.00. The number of benzene rings is 2. The van der Waals surface area contributed by atoms with Crippen LogP contribution in [0.25, 0.3) is 10.9 Å². The number of piperidine rings is 1. The quantitative estimate of drug-likeness (QED) is 0.406. The molecule has 34 heavy (non-hydrogen) atoms. The third-order valence-electron chi connectivity index (χ3n) is 5.95. The lowest BCUT2D eigenvalue weighted by atomic mass is 10.2. The smallest absolute Gasteiger partial charge is 0.207 e. The molecule has 7 heteroatoms. The highest BCUT2D eigenvalue weighted by molar-refractivity contribution is 5.91. The Morgan fingerprint density at radius 2 is 2.00 bits per heavy atom. The van der Waals surface area contributed by atoms with E-state index in [-0.39, 0.29) is 11.6 Å². The van der Waals surface area contributed by atoms with E-state index in [0.717, 1.165) is 17.3 Å². The molecule has 2 aliphatic rings. The van der Waals surface area contributed by atoms with Gasteiger partial charge in [-0.3, -0.25) is 4.98 Å². The Morgan fingerprint density at radius 1 is 1.12 bits per heavy atom. The molecular formula is C27H24FN5O. The van der Waals surface area contributed by atoms with Crippen molar-refractivity contribution in [2.45, 2.75) is 25.8 Å². The summed E-state index contributed by atoms with van der Waals surface area (Å²) in [5, 5.41) is 7.29. The van der Waals surface area contributed by atoms with E-state index in [1.807, 2.05) is 24.3 Å². The van der Waals surface area contributed by atoms with E-state index < -0.39 is 5.82 Å². The van der Waals surface area contributed by atoms with E-state index in [9.17, 15) is 4.39 Å². The first-order chi connectivity index (χ1) is 16.6. The van der Waals surface area contributed by atoms with Crippen molar-refractivity contribution in [1.29, 1.82) is 0 Å². The van der Waals surface area contributed by atoms with Gasteiger partial charge in [0.1, 0.15) is 11.6 Å². The van der Waals surface area contributed by atoms with Gasteiger partial charge in [-0.05, 0) is 74.5 Å². The Hall–Kier alpha value is -4.02. The molecule has 6 rings (SSSR count). The Labute approximate surface area is 197 Å². The summed E-state index contributed by atoms with van der Waals surface area (Å²) >= 11 is 0. The minimum absolute atomic E-state index is 0.110. The zero-order valence-electron chi connectivity index (χ0n) is 18.8. The number of hydrogen-bond acceptors (Lipinski definition) is 6. The lowest BCUT2D eigenvalue weighted by molar-refractivity contribution is 0.437. The summed E-state index contributed by atoms with van der Waals surface area (Å²) < 4.78 is 20.2. The van der Waals surface area contributed by atoms with Gasteiger partial charge in [-0.2, -0.15) is 0 Å². The van der Waals surface area contributed by atoms with Gasteiger partial charge in [0, 0.05) is 29.4 Å². The number of nitrogens with zero attached hydrogens (tertiary/aromatic N) is 3. The highest BCUT2D eigenvalue weighted by atomic mass is 19.1. The molecule has 2 unspecified atom stereocenters. The maximum absolute atomic E-state index is 14.6. The maximum atomic E-state index is 14.6. The largest absolute Gasteiger partial charge is 0.452 e. The average molecular weight is 454 g/mol. The molecule has 2 fully saturated rings. The first-order valence-corrected chi connectivity index (χ1v) is 11.2. The van der Waals surface area contributed by atoms with Crippen molar-refractivity contribution in [2.75, 3.05) is 11.9 Å². The maximum Gasteiger partial charge on any atom is 0.207 e.